The first kappa shape index (κ1) is 13.8. The van der Waals surface area contributed by atoms with Crippen LogP contribution in [-0.2, 0) is 9.84 Å². The molecule has 6 nitrogen and oxygen atoms in total. The van der Waals surface area contributed by atoms with E-state index in [1.807, 2.05) is 0 Å². The average Bonchev–Trinajstić information content (AvgIpc) is 2.59. The molecule has 0 aromatic carbocycles. The predicted octanol–water partition coefficient (Wildman–Crippen LogP) is 0.384. The number of sulfone groups is 1. The lowest BCUT2D eigenvalue weighted by Gasteiger charge is -2.20. The zero-order valence-corrected chi connectivity index (χ0v) is 11.6. The summed E-state index contributed by atoms with van der Waals surface area (Å²) in [6.45, 7) is 0.718. The molecular weight excluding hydrogens is 266 g/mol. The summed E-state index contributed by atoms with van der Waals surface area (Å²) in [7, 11) is -1.27. The van der Waals surface area contributed by atoms with Crippen LogP contribution in [0.4, 0.5) is 5.69 Å². The number of rotatable bonds is 2. The molecule has 0 atom stereocenters. The SMILES string of the molecule is CNc1ccncc1C(=O)N1CCCS(=O)(=O)CC1. The lowest BCUT2D eigenvalue weighted by Crippen LogP contribution is -2.34. The molecule has 1 aliphatic heterocycles. The van der Waals surface area contributed by atoms with E-state index in [9.17, 15) is 13.2 Å². The number of hydrogen-bond donors (Lipinski definition) is 1. The molecule has 0 radical (unpaired) electrons. The third-order valence-corrected chi connectivity index (χ3v) is 4.88. The second-order valence-corrected chi connectivity index (χ2v) is 6.77. The van der Waals surface area contributed by atoms with Crippen LogP contribution >= 0.6 is 0 Å². The molecule has 0 aliphatic carbocycles. The summed E-state index contributed by atoms with van der Waals surface area (Å²) in [5, 5.41) is 2.94. The third-order valence-electron chi connectivity index (χ3n) is 3.16. The molecule has 0 saturated carbocycles. The minimum absolute atomic E-state index is 0.0356. The van der Waals surface area contributed by atoms with Gasteiger partial charge in [-0.1, -0.05) is 0 Å². The second-order valence-electron chi connectivity index (χ2n) is 4.47. The number of carbonyl (C=O) groups is 1. The van der Waals surface area contributed by atoms with E-state index in [4.69, 9.17) is 0 Å². The molecule has 1 fully saturated rings. The largest absolute Gasteiger partial charge is 0.387 e. The molecule has 1 aromatic heterocycles. The predicted molar refractivity (Wildman–Crippen MR) is 73.0 cm³/mol. The number of anilines is 1. The van der Waals surface area contributed by atoms with Gasteiger partial charge in [-0.05, 0) is 12.5 Å². The van der Waals surface area contributed by atoms with Crippen molar-refractivity contribution in [3.8, 4) is 0 Å². The van der Waals surface area contributed by atoms with Crippen LogP contribution in [0, 0.1) is 0 Å². The summed E-state index contributed by atoms with van der Waals surface area (Å²) in [6, 6.07) is 1.72. The van der Waals surface area contributed by atoms with Crippen molar-refractivity contribution in [2.45, 2.75) is 6.42 Å². The molecule has 1 amide bonds. The highest BCUT2D eigenvalue weighted by Gasteiger charge is 2.24. The van der Waals surface area contributed by atoms with Crippen molar-refractivity contribution in [3.63, 3.8) is 0 Å². The van der Waals surface area contributed by atoms with Crippen molar-refractivity contribution in [2.75, 3.05) is 37.0 Å². The topological polar surface area (TPSA) is 79.4 Å². The first-order valence-electron chi connectivity index (χ1n) is 6.15. The normalized spacial score (nSPS) is 18.7. The summed E-state index contributed by atoms with van der Waals surface area (Å²) in [5.74, 6) is 0.0194. The summed E-state index contributed by atoms with van der Waals surface area (Å²) in [4.78, 5) is 17.9. The van der Waals surface area contributed by atoms with Crippen molar-refractivity contribution in [2.24, 2.45) is 0 Å². The second kappa shape index (κ2) is 5.56. The molecule has 0 spiro atoms. The minimum Gasteiger partial charge on any atom is -0.387 e. The minimum atomic E-state index is -3.01. The first-order chi connectivity index (χ1) is 9.03. The van der Waals surface area contributed by atoms with Gasteiger partial charge in [0.05, 0.1) is 17.1 Å². The first-order valence-corrected chi connectivity index (χ1v) is 7.97. The van der Waals surface area contributed by atoms with Crippen LogP contribution in [0.15, 0.2) is 18.5 Å². The zero-order chi connectivity index (χ0) is 13.9. The lowest BCUT2D eigenvalue weighted by molar-refractivity contribution is 0.0769. The summed E-state index contributed by atoms with van der Waals surface area (Å²) in [5.41, 5.74) is 1.18. The maximum absolute atomic E-state index is 12.4. The van der Waals surface area contributed by atoms with Crippen LogP contribution in [0.25, 0.3) is 0 Å². The van der Waals surface area contributed by atoms with Crippen LogP contribution in [0.5, 0.6) is 0 Å². The fourth-order valence-electron chi connectivity index (χ4n) is 2.09. The lowest BCUT2D eigenvalue weighted by atomic mass is 10.2. The third kappa shape index (κ3) is 3.23. The number of aromatic nitrogens is 1. The fourth-order valence-corrected chi connectivity index (χ4v) is 3.37. The van der Waals surface area contributed by atoms with Gasteiger partial charge in [-0.3, -0.25) is 9.78 Å². The molecule has 104 valence electrons. The molecule has 2 heterocycles. The van der Waals surface area contributed by atoms with Gasteiger partial charge >= 0.3 is 0 Å². The van der Waals surface area contributed by atoms with Crippen LogP contribution < -0.4 is 5.32 Å². The summed E-state index contributed by atoms with van der Waals surface area (Å²) in [6.07, 6.45) is 3.60. The van der Waals surface area contributed by atoms with E-state index in [1.165, 1.54) is 6.20 Å². The maximum atomic E-state index is 12.4. The number of nitrogens with one attached hydrogen (secondary N) is 1. The Morgan fingerprint density at radius 3 is 2.89 bits per heavy atom. The van der Waals surface area contributed by atoms with E-state index < -0.39 is 9.84 Å². The Morgan fingerprint density at radius 1 is 1.37 bits per heavy atom. The summed E-state index contributed by atoms with van der Waals surface area (Å²) >= 11 is 0. The molecule has 1 N–H and O–H groups in total. The van der Waals surface area contributed by atoms with E-state index >= 15 is 0 Å². The van der Waals surface area contributed by atoms with Gasteiger partial charge in [0.15, 0.2) is 9.84 Å². The van der Waals surface area contributed by atoms with E-state index in [0.29, 0.717) is 24.2 Å². The van der Waals surface area contributed by atoms with E-state index in [0.717, 1.165) is 0 Å². The number of pyridine rings is 1. The Kier molecular flexibility index (Phi) is 4.04. The molecule has 1 saturated heterocycles. The Morgan fingerprint density at radius 2 is 2.16 bits per heavy atom. The van der Waals surface area contributed by atoms with Crippen LogP contribution in [0.1, 0.15) is 16.8 Å². The van der Waals surface area contributed by atoms with Crippen molar-refractivity contribution in [1.29, 1.82) is 0 Å². The van der Waals surface area contributed by atoms with Crippen LogP contribution in [0.3, 0.4) is 0 Å². The highest BCUT2D eigenvalue weighted by molar-refractivity contribution is 7.91. The van der Waals surface area contributed by atoms with Gasteiger partial charge in [0.1, 0.15) is 0 Å². The smallest absolute Gasteiger partial charge is 0.257 e. The molecular formula is C12H17N3O3S. The Hall–Kier alpha value is -1.63. The van der Waals surface area contributed by atoms with Crippen molar-refractivity contribution in [1.82, 2.24) is 9.88 Å². The van der Waals surface area contributed by atoms with Crippen LogP contribution in [-0.4, -0.2) is 55.9 Å². The van der Waals surface area contributed by atoms with Gasteiger partial charge in [0.2, 0.25) is 0 Å². The summed E-state index contributed by atoms with van der Waals surface area (Å²) < 4.78 is 23.1. The monoisotopic (exact) mass is 283 g/mol. The highest BCUT2D eigenvalue weighted by atomic mass is 32.2. The molecule has 1 aliphatic rings. The standard InChI is InChI=1S/C12H17N3O3S/c1-13-11-3-4-14-9-10(11)12(16)15-5-2-7-19(17,18)8-6-15/h3-4,9H,2,5-8H2,1H3,(H,13,14). The average molecular weight is 283 g/mol. The Balaban J connectivity index is 2.20. The van der Waals surface area contributed by atoms with Crippen molar-refractivity contribution >= 4 is 21.4 Å². The number of carbonyl (C=O) groups excluding carboxylic acids is 1. The number of hydrogen-bond acceptors (Lipinski definition) is 5. The fraction of sp³-hybridized carbons (Fsp3) is 0.500. The molecule has 19 heavy (non-hydrogen) atoms. The highest BCUT2D eigenvalue weighted by Crippen LogP contribution is 2.16. The molecule has 2 rings (SSSR count). The molecule has 1 aromatic rings. The van der Waals surface area contributed by atoms with Gasteiger partial charge in [-0.2, -0.15) is 0 Å². The number of nitrogens with zero attached hydrogens (tertiary/aromatic N) is 2. The van der Waals surface area contributed by atoms with Crippen molar-refractivity contribution in [3.05, 3.63) is 24.0 Å². The molecule has 0 unspecified atom stereocenters. The van der Waals surface area contributed by atoms with Crippen LogP contribution in [0.2, 0.25) is 0 Å². The van der Waals surface area contributed by atoms with Gasteiger partial charge < -0.3 is 10.2 Å². The van der Waals surface area contributed by atoms with Crippen molar-refractivity contribution < 1.29 is 13.2 Å². The van der Waals surface area contributed by atoms with E-state index in [1.54, 1.807) is 24.2 Å². The Bertz CT molecular complexity index is 571. The Labute approximate surface area is 112 Å². The van der Waals surface area contributed by atoms with Gasteiger partial charge in [-0.15, -0.1) is 0 Å². The van der Waals surface area contributed by atoms with E-state index in [-0.39, 0.29) is 24.0 Å². The quantitative estimate of drug-likeness (QED) is 0.849. The van der Waals surface area contributed by atoms with E-state index in [2.05, 4.69) is 10.3 Å². The maximum Gasteiger partial charge on any atom is 0.257 e. The van der Waals surface area contributed by atoms with Gasteiger partial charge in [-0.25, -0.2) is 8.42 Å². The van der Waals surface area contributed by atoms with Gasteiger partial charge in [0.25, 0.3) is 5.91 Å². The number of amides is 1. The molecule has 7 heteroatoms. The van der Waals surface area contributed by atoms with Gasteiger partial charge in [0, 0.05) is 38.2 Å². The molecule has 0 bridgehead atoms. The zero-order valence-electron chi connectivity index (χ0n) is 10.8.